The van der Waals surface area contributed by atoms with Crippen LogP contribution in [0.5, 0.6) is 0 Å². The van der Waals surface area contributed by atoms with Crippen molar-refractivity contribution in [1.82, 2.24) is 0 Å². The molecule has 1 saturated carbocycles. The van der Waals surface area contributed by atoms with Crippen molar-refractivity contribution in [3.63, 3.8) is 0 Å². The van der Waals surface area contributed by atoms with Gasteiger partial charge in [0.2, 0.25) is 5.91 Å². The number of rotatable bonds is 3. The van der Waals surface area contributed by atoms with Crippen LogP contribution in [0.2, 0.25) is 0 Å². The summed E-state index contributed by atoms with van der Waals surface area (Å²) in [5, 5.41) is 10.4. The third-order valence-corrected chi connectivity index (χ3v) is 3.31. The molecule has 1 fully saturated rings. The summed E-state index contributed by atoms with van der Waals surface area (Å²) in [5.41, 5.74) is 2.26. The third kappa shape index (κ3) is 2.93. The molecule has 0 spiro atoms. The molecule has 1 aromatic rings. The first-order chi connectivity index (χ1) is 8.16. The molecule has 0 aliphatic heterocycles. The van der Waals surface area contributed by atoms with E-state index >= 15 is 0 Å². The van der Waals surface area contributed by atoms with Gasteiger partial charge in [-0.05, 0) is 37.5 Å². The molecule has 1 amide bonds. The molecule has 90 valence electrons. The number of hydrogen-bond donors (Lipinski definition) is 2. The molecule has 0 unspecified atom stereocenters. The molecule has 0 heterocycles. The summed E-state index contributed by atoms with van der Waals surface area (Å²) >= 11 is 0. The Morgan fingerprint density at radius 3 is 2.35 bits per heavy atom. The number of hydrogen-bond acceptors (Lipinski definition) is 2. The highest BCUT2D eigenvalue weighted by Crippen LogP contribution is 2.26. The van der Waals surface area contributed by atoms with Gasteiger partial charge in [0.1, 0.15) is 0 Å². The Labute approximate surface area is 102 Å². The summed E-state index contributed by atoms with van der Waals surface area (Å²) in [6, 6.07) is 7.46. The molecule has 2 N–H and O–H groups in total. The van der Waals surface area contributed by atoms with Crippen LogP contribution in [0.4, 0.5) is 5.69 Å². The number of nitrogens with one attached hydrogen (secondary N) is 2. The predicted molar refractivity (Wildman–Crippen MR) is 69.5 cm³/mol. The van der Waals surface area contributed by atoms with Crippen molar-refractivity contribution in [2.45, 2.75) is 32.6 Å². The van der Waals surface area contributed by atoms with Gasteiger partial charge in [-0.25, -0.2) is 0 Å². The average Bonchev–Trinajstić information content (AvgIpc) is 2.83. The number of carbonyl (C=O) groups excluding carboxylic acids is 1. The molecule has 1 aliphatic carbocycles. The predicted octanol–water partition coefficient (Wildman–Crippen LogP) is 3.20. The Kier molecular flexibility index (Phi) is 3.57. The molecule has 0 atom stereocenters. The fourth-order valence-electron chi connectivity index (χ4n) is 2.24. The molecule has 3 nitrogen and oxygen atoms in total. The van der Waals surface area contributed by atoms with Crippen LogP contribution in [0.15, 0.2) is 24.3 Å². The van der Waals surface area contributed by atoms with Gasteiger partial charge in [0.15, 0.2) is 0 Å². The zero-order valence-electron chi connectivity index (χ0n) is 10.1. The highest BCUT2D eigenvalue weighted by atomic mass is 16.1. The fraction of sp³-hybridized carbons (Fsp3) is 0.429. The van der Waals surface area contributed by atoms with Crippen LogP contribution in [-0.4, -0.2) is 11.6 Å². The topological polar surface area (TPSA) is 53.0 Å². The van der Waals surface area contributed by atoms with Gasteiger partial charge in [-0.2, -0.15) is 0 Å². The SMILES string of the molecule is CC(=N)c1ccc(NC(=O)C2CCCC2)cc1. The lowest BCUT2D eigenvalue weighted by atomic mass is 10.1. The second-order valence-electron chi connectivity index (χ2n) is 4.67. The van der Waals surface area contributed by atoms with E-state index in [2.05, 4.69) is 5.32 Å². The highest BCUT2D eigenvalue weighted by Gasteiger charge is 2.22. The van der Waals surface area contributed by atoms with Crippen molar-refractivity contribution in [2.75, 3.05) is 5.32 Å². The normalized spacial score (nSPS) is 15.8. The lowest BCUT2D eigenvalue weighted by molar-refractivity contribution is -0.119. The van der Waals surface area contributed by atoms with Crippen LogP contribution in [0.3, 0.4) is 0 Å². The Hall–Kier alpha value is -1.64. The van der Waals surface area contributed by atoms with Crippen LogP contribution < -0.4 is 5.32 Å². The van der Waals surface area contributed by atoms with Crippen LogP contribution in [0.1, 0.15) is 38.2 Å². The van der Waals surface area contributed by atoms with Gasteiger partial charge in [0.05, 0.1) is 0 Å². The summed E-state index contributed by atoms with van der Waals surface area (Å²) in [7, 11) is 0. The van der Waals surface area contributed by atoms with Gasteiger partial charge in [0, 0.05) is 17.3 Å². The number of anilines is 1. The molecule has 0 saturated heterocycles. The first kappa shape index (κ1) is 11.8. The molecular weight excluding hydrogens is 212 g/mol. The summed E-state index contributed by atoms with van der Waals surface area (Å²) < 4.78 is 0. The standard InChI is InChI=1S/C14H18N2O/c1-10(15)11-6-8-13(9-7-11)16-14(17)12-4-2-3-5-12/h6-9,12,15H,2-5H2,1H3,(H,16,17). The Morgan fingerprint density at radius 1 is 1.24 bits per heavy atom. The van der Waals surface area contributed by atoms with E-state index in [0.29, 0.717) is 5.71 Å². The van der Waals surface area contributed by atoms with E-state index in [-0.39, 0.29) is 11.8 Å². The zero-order valence-corrected chi connectivity index (χ0v) is 10.1. The van der Waals surface area contributed by atoms with Gasteiger partial charge in [-0.3, -0.25) is 4.79 Å². The second-order valence-corrected chi connectivity index (χ2v) is 4.67. The lowest BCUT2D eigenvalue weighted by Gasteiger charge is -2.10. The minimum absolute atomic E-state index is 0.141. The van der Waals surface area contributed by atoms with Crippen molar-refractivity contribution in [3.05, 3.63) is 29.8 Å². The maximum Gasteiger partial charge on any atom is 0.227 e. The average molecular weight is 230 g/mol. The van der Waals surface area contributed by atoms with Crippen LogP contribution in [0.25, 0.3) is 0 Å². The van der Waals surface area contributed by atoms with Gasteiger partial charge < -0.3 is 10.7 Å². The summed E-state index contributed by atoms with van der Waals surface area (Å²) in [6.07, 6.45) is 4.38. The lowest BCUT2D eigenvalue weighted by Crippen LogP contribution is -2.20. The van der Waals surface area contributed by atoms with E-state index in [9.17, 15) is 4.79 Å². The minimum atomic E-state index is 0.141. The maximum absolute atomic E-state index is 11.9. The first-order valence-corrected chi connectivity index (χ1v) is 6.13. The van der Waals surface area contributed by atoms with E-state index < -0.39 is 0 Å². The summed E-state index contributed by atoms with van der Waals surface area (Å²) in [6.45, 7) is 1.76. The molecule has 17 heavy (non-hydrogen) atoms. The van der Waals surface area contributed by atoms with Crippen molar-refractivity contribution >= 4 is 17.3 Å². The Morgan fingerprint density at radius 2 is 1.82 bits per heavy atom. The summed E-state index contributed by atoms with van der Waals surface area (Å²) in [4.78, 5) is 11.9. The van der Waals surface area contributed by atoms with E-state index in [1.54, 1.807) is 6.92 Å². The fourth-order valence-corrected chi connectivity index (χ4v) is 2.24. The maximum atomic E-state index is 11.9. The van der Waals surface area contributed by atoms with Crippen LogP contribution in [-0.2, 0) is 4.79 Å². The van der Waals surface area contributed by atoms with Crippen molar-refractivity contribution in [2.24, 2.45) is 5.92 Å². The molecule has 0 radical (unpaired) electrons. The van der Waals surface area contributed by atoms with Crippen molar-refractivity contribution < 1.29 is 4.79 Å². The summed E-state index contributed by atoms with van der Waals surface area (Å²) in [5.74, 6) is 0.334. The quantitative estimate of drug-likeness (QED) is 0.770. The molecule has 1 aliphatic rings. The van der Waals surface area contributed by atoms with Crippen molar-refractivity contribution in [1.29, 1.82) is 5.41 Å². The molecule has 0 bridgehead atoms. The second kappa shape index (κ2) is 5.13. The third-order valence-electron chi connectivity index (χ3n) is 3.31. The van der Waals surface area contributed by atoms with Gasteiger partial charge in [-0.1, -0.05) is 25.0 Å². The largest absolute Gasteiger partial charge is 0.326 e. The molecular formula is C14H18N2O. The monoisotopic (exact) mass is 230 g/mol. The number of amides is 1. The Bertz CT molecular complexity index is 416. The molecule has 1 aromatic carbocycles. The minimum Gasteiger partial charge on any atom is -0.326 e. The van der Waals surface area contributed by atoms with Crippen LogP contribution >= 0.6 is 0 Å². The molecule has 2 rings (SSSR count). The highest BCUT2D eigenvalue weighted by molar-refractivity contribution is 5.97. The van der Waals surface area contributed by atoms with Crippen LogP contribution in [0, 0.1) is 11.3 Å². The van der Waals surface area contributed by atoms with E-state index in [1.165, 1.54) is 12.8 Å². The van der Waals surface area contributed by atoms with Crippen molar-refractivity contribution in [3.8, 4) is 0 Å². The van der Waals surface area contributed by atoms with E-state index in [1.807, 2.05) is 24.3 Å². The van der Waals surface area contributed by atoms with Gasteiger partial charge in [-0.15, -0.1) is 0 Å². The zero-order chi connectivity index (χ0) is 12.3. The smallest absolute Gasteiger partial charge is 0.227 e. The molecule has 0 aromatic heterocycles. The van der Waals surface area contributed by atoms with Gasteiger partial charge in [0.25, 0.3) is 0 Å². The van der Waals surface area contributed by atoms with Gasteiger partial charge >= 0.3 is 0 Å². The first-order valence-electron chi connectivity index (χ1n) is 6.13. The molecule has 3 heteroatoms. The van der Waals surface area contributed by atoms with E-state index in [4.69, 9.17) is 5.41 Å². The Balaban J connectivity index is 1.98. The van der Waals surface area contributed by atoms with E-state index in [0.717, 1.165) is 24.1 Å². The number of carbonyl (C=O) groups is 1. The number of benzene rings is 1.